The molecule has 0 N–H and O–H groups in total. The van der Waals surface area contributed by atoms with Crippen molar-refractivity contribution in [1.29, 1.82) is 10.5 Å². The first-order chi connectivity index (χ1) is 7.41. The Balaban J connectivity index is 3.52. The van der Waals surface area contributed by atoms with Gasteiger partial charge in [0.15, 0.2) is 0 Å². The molecule has 0 amide bonds. The summed E-state index contributed by atoms with van der Waals surface area (Å²) in [5.41, 5.74) is 2.10. The molecule has 0 fully saturated rings. The number of benzene rings is 1. The van der Waals surface area contributed by atoms with E-state index in [0.717, 1.165) is 11.1 Å². The summed E-state index contributed by atoms with van der Waals surface area (Å²) in [6, 6.07) is 7.67. The van der Waals surface area contributed by atoms with Crippen LogP contribution in [0.3, 0.4) is 0 Å². The monoisotopic (exact) mass is 232 g/mol. The minimum atomic E-state index is -0.171. The smallest absolute Gasteiger partial charge is 0.101 e. The van der Waals surface area contributed by atoms with Crippen molar-refractivity contribution in [3.8, 4) is 12.1 Å². The highest BCUT2D eigenvalue weighted by molar-refractivity contribution is 6.32. The summed E-state index contributed by atoms with van der Waals surface area (Å²) in [6.45, 7) is 6.07. The molecule has 82 valence electrons. The SMILES string of the molecule is CC(C)(C)c1c(CC#N)ccc(C#N)c1Cl. The molecule has 0 atom stereocenters. The molecule has 0 aliphatic carbocycles. The average molecular weight is 233 g/mol. The molecule has 0 unspecified atom stereocenters. The summed E-state index contributed by atoms with van der Waals surface area (Å²) >= 11 is 6.20. The quantitative estimate of drug-likeness (QED) is 0.743. The van der Waals surface area contributed by atoms with Crippen LogP contribution in [0.1, 0.15) is 37.5 Å². The third kappa shape index (κ3) is 2.35. The molecule has 0 aromatic heterocycles. The van der Waals surface area contributed by atoms with Crippen molar-refractivity contribution in [3.05, 3.63) is 33.8 Å². The first-order valence-electron chi connectivity index (χ1n) is 5.00. The highest BCUT2D eigenvalue weighted by atomic mass is 35.5. The summed E-state index contributed by atoms with van der Waals surface area (Å²) in [4.78, 5) is 0. The zero-order valence-electron chi connectivity index (χ0n) is 9.63. The van der Waals surface area contributed by atoms with Gasteiger partial charge in [-0.3, -0.25) is 0 Å². The van der Waals surface area contributed by atoms with Gasteiger partial charge < -0.3 is 0 Å². The first-order valence-corrected chi connectivity index (χ1v) is 5.38. The van der Waals surface area contributed by atoms with Gasteiger partial charge in [-0.05, 0) is 22.6 Å². The maximum Gasteiger partial charge on any atom is 0.101 e. The van der Waals surface area contributed by atoms with E-state index in [1.165, 1.54) is 0 Å². The predicted molar refractivity (Wildman–Crippen MR) is 64.2 cm³/mol. The van der Waals surface area contributed by atoms with Crippen LogP contribution in [0.15, 0.2) is 12.1 Å². The molecule has 0 heterocycles. The van der Waals surface area contributed by atoms with Crippen LogP contribution in [0.2, 0.25) is 5.02 Å². The number of hydrogen-bond acceptors (Lipinski definition) is 2. The third-order valence-corrected chi connectivity index (χ3v) is 2.76. The van der Waals surface area contributed by atoms with Crippen molar-refractivity contribution in [2.75, 3.05) is 0 Å². The average Bonchev–Trinajstić information content (AvgIpc) is 2.16. The van der Waals surface area contributed by atoms with Crippen LogP contribution in [0.5, 0.6) is 0 Å². The van der Waals surface area contributed by atoms with E-state index >= 15 is 0 Å². The number of halogens is 1. The second-order valence-corrected chi connectivity index (χ2v) is 5.04. The van der Waals surface area contributed by atoms with Crippen LogP contribution in [0.4, 0.5) is 0 Å². The molecule has 0 saturated carbocycles. The van der Waals surface area contributed by atoms with E-state index in [2.05, 4.69) is 12.1 Å². The molecule has 2 nitrogen and oxygen atoms in total. The van der Waals surface area contributed by atoms with Crippen molar-refractivity contribution in [2.24, 2.45) is 0 Å². The second-order valence-electron chi connectivity index (χ2n) is 4.66. The topological polar surface area (TPSA) is 47.6 Å². The fourth-order valence-electron chi connectivity index (χ4n) is 1.75. The lowest BCUT2D eigenvalue weighted by atomic mass is 9.82. The maximum absolute atomic E-state index is 8.93. The van der Waals surface area contributed by atoms with Gasteiger partial charge in [-0.1, -0.05) is 38.4 Å². The van der Waals surface area contributed by atoms with E-state index < -0.39 is 0 Å². The fraction of sp³-hybridized carbons (Fsp3) is 0.385. The molecule has 3 heteroatoms. The van der Waals surface area contributed by atoms with Gasteiger partial charge in [0.2, 0.25) is 0 Å². The van der Waals surface area contributed by atoms with E-state index in [-0.39, 0.29) is 5.41 Å². The van der Waals surface area contributed by atoms with Gasteiger partial charge in [0.1, 0.15) is 6.07 Å². The Labute approximate surface area is 101 Å². The van der Waals surface area contributed by atoms with Gasteiger partial charge in [0, 0.05) is 0 Å². The summed E-state index contributed by atoms with van der Waals surface area (Å²) in [7, 11) is 0. The Morgan fingerprint density at radius 2 is 1.88 bits per heavy atom. The van der Waals surface area contributed by atoms with Crippen LogP contribution in [-0.2, 0) is 11.8 Å². The van der Waals surface area contributed by atoms with Crippen LogP contribution >= 0.6 is 11.6 Å². The number of nitriles is 2. The second kappa shape index (κ2) is 4.56. The van der Waals surface area contributed by atoms with Gasteiger partial charge in [0.25, 0.3) is 0 Å². The highest BCUT2D eigenvalue weighted by Crippen LogP contribution is 2.34. The summed E-state index contributed by atoms with van der Waals surface area (Å²) in [5.74, 6) is 0. The van der Waals surface area contributed by atoms with Crippen molar-refractivity contribution >= 4 is 11.6 Å². The molecule has 0 radical (unpaired) electrons. The van der Waals surface area contributed by atoms with Crippen molar-refractivity contribution in [1.82, 2.24) is 0 Å². The van der Waals surface area contributed by atoms with E-state index in [4.69, 9.17) is 22.1 Å². The van der Waals surface area contributed by atoms with Gasteiger partial charge >= 0.3 is 0 Å². The predicted octanol–water partition coefficient (Wildman–Crippen LogP) is 3.58. The van der Waals surface area contributed by atoms with Gasteiger partial charge in [-0.25, -0.2) is 0 Å². The first kappa shape index (κ1) is 12.6. The molecule has 0 spiro atoms. The summed E-state index contributed by atoms with van der Waals surface area (Å²) in [6.07, 6.45) is 0.317. The summed E-state index contributed by atoms with van der Waals surface area (Å²) < 4.78 is 0. The Hall–Kier alpha value is -1.51. The summed E-state index contributed by atoms with van der Waals surface area (Å²) in [5, 5.41) is 18.2. The lowest BCUT2D eigenvalue weighted by molar-refractivity contribution is 0.584. The molecular formula is C13H13ClN2. The zero-order chi connectivity index (χ0) is 12.3. The number of nitrogens with zero attached hydrogens (tertiary/aromatic N) is 2. The van der Waals surface area contributed by atoms with Gasteiger partial charge in [-0.15, -0.1) is 0 Å². The Morgan fingerprint density at radius 3 is 2.31 bits per heavy atom. The van der Waals surface area contributed by atoms with Crippen LogP contribution in [0.25, 0.3) is 0 Å². The minimum Gasteiger partial charge on any atom is -0.198 e. The standard InChI is InChI=1S/C13H13ClN2/c1-13(2,3)11-9(6-7-15)4-5-10(8-16)12(11)14/h4-5H,6H2,1-3H3. The van der Waals surface area contributed by atoms with Crippen LogP contribution in [-0.4, -0.2) is 0 Å². The molecule has 1 aromatic rings. The normalized spacial score (nSPS) is 10.6. The van der Waals surface area contributed by atoms with Gasteiger partial charge in [-0.2, -0.15) is 10.5 Å². The molecule has 0 aliphatic heterocycles. The number of rotatable bonds is 1. The van der Waals surface area contributed by atoms with E-state index in [1.54, 1.807) is 6.07 Å². The Kier molecular flexibility index (Phi) is 3.58. The fourth-order valence-corrected chi connectivity index (χ4v) is 2.26. The highest BCUT2D eigenvalue weighted by Gasteiger charge is 2.23. The third-order valence-electron chi connectivity index (χ3n) is 2.37. The maximum atomic E-state index is 8.93. The van der Waals surface area contributed by atoms with E-state index in [9.17, 15) is 0 Å². The largest absolute Gasteiger partial charge is 0.198 e. The molecule has 1 rings (SSSR count). The molecule has 1 aromatic carbocycles. The molecule has 0 saturated heterocycles. The van der Waals surface area contributed by atoms with E-state index in [1.807, 2.05) is 26.8 Å². The molecular weight excluding hydrogens is 220 g/mol. The number of hydrogen-bond donors (Lipinski definition) is 0. The van der Waals surface area contributed by atoms with Crippen molar-refractivity contribution in [2.45, 2.75) is 32.6 Å². The minimum absolute atomic E-state index is 0.171. The lowest BCUT2D eigenvalue weighted by Gasteiger charge is -2.24. The molecule has 16 heavy (non-hydrogen) atoms. The van der Waals surface area contributed by atoms with Gasteiger partial charge in [0.05, 0.1) is 23.1 Å². The van der Waals surface area contributed by atoms with Crippen LogP contribution in [0, 0.1) is 22.7 Å². The van der Waals surface area contributed by atoms with E-state index in [0.29, 0.717) is 17.0 Å². The van der Waals surface area contributed by atoms with Crippen LogP contribution < -0.4 is 0 Å². The Morgan fingerprint density at radius 1 is 1.25 bits per heavy atom. The van der Waals surface area contributed by atoms with Crippen molar-refractivity contribution < 1.29 is 0 Å². The van der Waals surface area contributed by atoms with Crippen molar-refractivity contribution in [3.63, 3.8) is 0 Å². The molecule has 0 bridgehead atoms. The Bertz CT molecular complexity index is 484. The molecule has 0 aliphatic rings. The lowest BCUT2D eigenvalue weighted by Crippen LogP contribution is -2.15. The zero-order valence-corrected chi connectivity index (χ0v) is 10.4.